The number of nitrogens with zero attached hydrogens (tertiary/aromatic N) is 2. The van der Waals surface area contributed by atoms with E-state index >= 15 is 8.78 Å². The van der Waals surface area contributed by atoms with E-state index in [2.05, 4.69) is 0 Å². The summed E-state index contributed by atoms with van der Waals surface area (Å²) in [5.74, 6) is -3.53. The van der Waals surface area contributed by atoms with Crippen molar-refractivity contribution in [2.24, 2.45) is 5.73 Å². The zero-order chi connectivity index (χ0) is 20.3. The molecule has 1 saturated carbocycles. The highest BCUT2D eigenvalue weighted by Crippen LogP contribution is 2.42. The van der Waals surface area contributed by atoms with Gasteiger partial charge in [0.1, 0.15) is 11.3 Å². The number of aromatic carboxylic acids is 1. The van der Waals surface area contributed by atoms with Gasteiger partial charge >= 0.3 is 5.97 Å². The molecule has 0 amide bonds. The van der Waals surface area contributed by atoms with Crippen molar-refractivity contribution >= 4 is 28.2 Å². The number of hydrogen-bond donors (Lipinski definition) is 3. The molecule has 2 fully saturated rings. The molecular formula is C18H20F2N4O4. The van der Waals surface area contributed by atoms with E-state index in [4.69, 9.17) is 16.2 Å². The number of carbonyl (C=O) groups is 1. The smallest absolute Gasteiger partial charge is 0.341 e. The van der Waals surface area contributed by atoms with E-state index in [1.807, 2.05) is 0 Å². The van der Waals surface area contributed by atoms with Gasteiger partial charge in [0.15, 0.2) is 11.6 Å². The fourth-order valence-electron chi connectivity index (χ4n) is 3.85. The molecule has 10 heteroatoms. The highest BCUT2D eigenvalue weighted by molar-refractivity contribution is 5.99. The normalized spacial score (nSPS) is 22.2. The number of carboxylic acid groups (broad SMARTS) is 1. The van der Waals surface area contributed by atoms with Gasteiger partial charge < -0.3 is 30.8 Å². The molecule has 8 nitrogen and oxygen atoms in total. The van der Waals surface area contributed by atoms with E-state index < -0.39 is 51.8 Å². The summed E-state index contributed by atoms with van der Waals surface area (Å²) in [5.41, 5.74) is 9.15. The molecular weight excluding hydrogens is 374 g/mol. The number of hydrogen-bond acceptors (Lipinski definition) is 6. The predicted octanol–water partition coefficient (Wildman–Crippen LogP) is 1.06. The summed E-state index contributed by atoms with van der Waals surface area (Å²) in [5, 5.41) is 8.87. The fourth-order valence-corrected chi connectivity index (χ4v) is 3.85. The Balaban J connectivity index is 2.03. The number of nitrogen functional groups attached to an aromatic ring is 1. The van der Waals surface area contributed by atoms with Crippen molar-refractivity contribution in [1.82, 2.24) is 4.57 Å². The number of carboxylic acids is 1. The van der Waals surface area contributed by atoms with Gasteiger partial charge in [0.2, 0.25) is 5.43 Å². The van der Waals surface area contributed by atoms with Crippen molar-refractivity contribution < 1.29 is 23.4 Å². The molecule has 28 heavy (non-hydrogen) atoms. The maximum absolute atomic E-state index is 15.6. The second-order valence-electron chi connectivity index (χ2n) is 7.27. The zero-order valence-corrected chi connectivity index (χ0v) is 15.1. The van der Waals surface area contributed by atoms with Gasteiger partial charge in [0, 0.05) is 32.4 Å². The number of benzene rings is 1. The highest BCUT2D eigenvalue weighted by atomic mass is 19.1. The van der Waals surface area contributed by atoms with Crippen LogP contribution in [0.3, 0.4) is 0 Å². The lowest BCUT2D eigenvalue weighted by Gasteiger charge is -2.23. The van der Waals surface area contributed by atoms with Gasteiger partial charge in [-0.25, -0.2) is 13.6 Å². The Morgan fingerprint density at radius 1 is 1.29 bits per heavy atom. The molecule has 0 unspecified atom stereocenters. The van der Waals surface area contributed by atoms with Crippen molar-refractivity contribution in [3.8, 4) is 0 Å². The van der Waals surface area contributed by atoms with Crippen molar-refractivity contribution in [2.45, 2.75) is 31.0 Å². The molecule has 0 spiro atoms. The SMILES string of the molecule is CO[C@H]1CN(c2c(F)c(N)c3c(=O)c(C(=O)O)cn(C4CC4)c3c2F)C[C@H]1N. The van der Waals surface area contributed by atoms with Gasteiger partial charge in [-0.3, -0.25) is 4.79 Å². The predicted molar refractivity (Wildman–Crippen MR) is 98.8 cm³/mol. The fraction of sp³-hybridized carbons (Fsp3) is 0.444. The van der Waals surface area contributed by atoms with Gasteiger partial charge in [-0.2, -0.15) is 0 Å². The summed E-state index contributed by atoms with van der Waals surface area (Å²) in [7, 11) is 1.47. The Morgan fingerprint density at radius 2 is 1.96 bits per heavy atom. The number of methoxy groups -OCH3 is 1. The first kappa shape index (κ1) is 18.6. The number of ether oxygens (including phenoxy) is 1. The van der Waals surface area contributed by atoms with Crippen molar-refractivity contribution in [3.63, 3.8) is 0 Å². The minimum absolute atomic E-state index is 0.151. The molecule has 2 atom stereocenters. The average Bonchev–Trinajstić information content (AvgIpc) is 3.42. The molecule has 2 heterocycles. The molecule has 2 aliphatic rings. The van der Waals surface area contributed by atoms with Crippen LogP contribution in [0.25, 0.3) is 10.9 Å². The Labute approximate surface area is 158 Å². The van der Waals surface area contributed by atoms with Crippen LogP contribution in [0.1, 0.15) is 29.2 Å². The van der Waals surface area contributed by atoms with E-state index in [0.29, 0.717) is 12.8 Å². The molecule has 1 aromatic carbocycles. The zero-order valence-electron chi connectivity index (χ0n) is 15.1. The van der Waals surface area contributed by atoms with Gasteiger partial charge in [-0.15, -0.1) is 0 Å². The highest BCUT2D eigenvalue weighted by Gasteiger charge is 2.37. The number of nitrogens with two attached hydrogens (primary N) is 2. The van der Waals surface area contributed by atoms with Gasteiger partial charge in [0.05, 0.1) is 28.7 Å². The summed E-state index contributed by atoms with van der Waals surface area (Å²) < 4.78 is 37.3. The summed E-state index contributed by atoms with van der Waals surface area (Å²) in [6, 6.07) is -0.610. The molecule has 1 aliphatic carbocycles. The second kappa shape index (κ2) is 6.42. The summed E-state index contributed by atoms with van der Waals surface area (Å²) in [6.07, 6.45) is 2.10. The first-order valence-electron chi connectivity index (χ1n) is 8.88. The summed E-state index contributed by atoms with van der Waals surface area (Å²) in [4.78, 5) is 25.5. The lowest BCUT2D eigenvalue weighted by Crippen LogP contribution is -2.34. The van der Waals surface area contributed by atoms with E-state index in [1.54, 1.807) is 0 Å². The number of aromatic nitrogens is 1. The monoisotopic (exact) mass is 394 g/mol. The van der Waals surface area contributed by atoms with Crippen molar-refractivity contribution in [3.05, 3.63) is 33.6 Å². The number of halogens is 2. The van der Waals surface area contributed by atoms with Crippen LogP contribution in [0.4, 0.5) is 20.2 Å². The number of fused-ring (bicyclic) bond motifs is 1. The quantitative estimate of drug-likeness (QED) is 0.663. The molecule has 2 aromatic rings. The van der Waals surface area contributed by atoms with Crippen molar-refractivity contribution in [1.29, 1.82) is 0 Å². The van der Waals surface area contributed by atoms with Crippen LogP contribution in [-0.2, 0) is 4.74 Å². The van der Waals surface area contributed by atoms with Gasteiger partial charge in [-0.1, -0.05) is 0 Å². The van der Waals surface area contributed by atoms with Crippen LogP contribution in [0.2, 0.25) is 0 Å². The molecule has 4 rings (SSSR count). The second-order valence-corrected chi connectivity index (χ2v) is 7.27. The summed E-state index contributed by atoms with van der Waals surface area (Å²) in [6.45, 7) is 0.315. The topological polar surface area (TPSA) is 124 Å². The molecule has 0 radical (unpaired) electrons. The van der Waals surface area contributed by atoms with Crippen LogP contribution in [-0.4, -0.2) is 48.0 Å². The van der Waals surface area contributed by atoms with E-state index in [1.165, 1.54) is 16.6 Å². The number of anilines is 2. The van der Waals surface area contributed by atoms with Crippen LogP contribution in [0.15, 0.2) is 11.0 Å². The van der Waals surface area contributed by atoms with E-state index in [9.17, 15) is 14.7 Å². The van der Waals surface area contributed by atoms with Crippen molar-refractivity contribution in [2.75, 3.05) is 30.8 Å². The van der Waals surface area contributed by atoms with Gasteiger partial charge in [-0.05, 0) is 12.8 Å². The Bertz CT molecular complexity index is 1050. The first-order valence-corrected chi connectivity index (χ1v) is 8.88. The van der Waals surface area contributed by atoms with Crippen LogP contribution >= 0.6 is 0 Å². The lowest BCUT2D eigenvalue weighted by atomic mass is 10.1. The Morgan fingerprint density at radius 3 is 2.50 bits per heavy atom. The maximum atomic E-state index is 15.6. The summed E-state index contributed by atoms with van der Waals surface area (Å²) >= 11 is 0. The van der Waals surface area contributed by atoms with E-state index in [-0.39, 0.29) is 30.3 Å². The number of pyridine rings is 1. The lowest BCUT2D eigenvalue weighted by molar-refractivity contribution is 0.0695. The van der Waals surface area contributed by atoms with E-state index in [0.717, 1.165) is 6.20 Å². The largest absolute Gasteiger partial charge is 0.477 e. The molecule has 150 valence electrons. The third-order valence-electron chi connectivity index (χ3n) is 5.46. The van der Waals surface area contributed by atoms with Crippen LogP contribution < -0.4 is 21.8 Å². The number of rotatable bonds is 4. The minimum Gasteiger partial charge on any atom is -0.477 e. The van der Waals surface area contributed by atoms with Crippen LogP contribution in [0, 0.1) is 11.6 Å². The van der Waals surface area contributed by atoms with Crippen LogP contribution in [0.5, 0.6) is 0 Å². The third kappa shape index (κ3) is 2.63. The minimum atomic E-state index is -1.47. The molecule has 1 aromatic heterocycles. The molecule has 1 aliphatic heterocycles. The average molecular weight is 394 g/mol. The molecule has 5 N–H and O–H groups in total. The van der Waals surface area contributed by atoms with Gasteiger partial charge in [0.25, 0.3) is 0 Å². The maximum Gasteiger partial charge on any atom is 0.341 e. The molecule has 1 saturated heterocycles. The Kier molecular flexibility index (Phi) is 4.27. The standard InChI is InChI=1S/C18H20F2N4O4/c1-28-10-6-23(5-9(10)21)16-12(19)14(22)11-15(13(16)20)24(7-2-3-7)4-8(17(11)25)18(26)27/h4,7,9-10H,2-3,5-6,21-22H2,1H3,(H,26,27)/t9-,10+/m1/s1. The molecule has 0 bridgehead atoms. The third-order valence-corrected chi connectivity index (χ3v) is 5.46. The first-order chi connectivity index (χ1) is 13.3. The Hall–Kier alpha value is -2.72.